The monoisotopic (exact) mass is 552 g/mol. The highest BCUT2D eigenvalue weighted by Gasteiger charge is 2.30. The number of aromatic nitrogens is 3. The number of fused-ring (bicyclic) bond motifs is 3. The van der Waals surface area contributed by atoms with Crippen molar-refractivity contribution in [2.45, 2.75) is 40.2 Å². The number of benzene rings is 2. The first kappa shape index (κ1) is 28.1. The van der Waals surface area contributed by atoms with Gasteiger partial charge in [0, 0.05) is 35.8 Å². The van der Waals surface area contributed by atoms with Crippen LogP contribution >= 0.6 is 11.6 Å². The molecule has 2 N–H and O–H groups in total. The van der Waals surface area contributed by atoms with Crippen molar-refractivity contribution in [2.75, 3.05) is 26.7 Å². The molecule has 0 radical (unpaired) electrons. The van der Waals surface area contributed by atoms with E-state index in [1.54, 1.807) is 19.2 Å². The molecule has 4 rings (SSSR count). The van der Waals surface area contributed by atoms with Crippen molar-refractivity contribution in [2.24, 2.45) is 10.4 Å². The molecular formula is C28H33ClN6O4. The van der Waals surface area contributed by atoms with Gasteiger partial charge in [-0.25, -0.2) is 4.79 Å². The van der Waals surface area contributed by atoms with Crippen molar-refractivity contribution in [3.8, 4) is 11.4 Å². The van der Waals surface area contributed by atoms with Gasteiger partial charge in [0.15, 0.2) is 5.82 Å². The molecule has 0 aliphatic carbocycles. The lowest BCUT2D eigenvalue weighted by Gasteiger charge is -2.27. The Labute approximate surface area is 232 Å². The smallest absolute Gasteiger partial charge is 0.407 e. The van der Waals surface area contributed by atoms with Crippen LogP contribution in [0.15, 0.2) is 47.5 Å². The number of ether oxygens (including phenoxy) is 1. The maximum atomic E-state index is 13.1. The van der Waals surface area contributed by atoms with E-state index in [1.165, 1.54) is 4.90 Å². The first-order valence-electron chi connectivity index (χ1n) is 12.7. The van der Waals surface area contributed by atoms with Gasteiger partial charge < -0.3 is 20.1 Å². The lowest BCUT2D eigenvalue weighted by Crippen LogP contribution is -2.42. The van der Waals surface area contributed by atoms with Gasteiger partial charge in [0.2, 0.25) is 5.91 Å². The number of amides is 2. The Kier molecular flexibility index (Phi) is 8.25. The number of halogens is 1. The van der Waals surface area contributed by atoms with Crippen molar-refractivity contribution in [3.05, 3.63) is 70.3 Å². The quantitative estimate of drug-likeness (QED) is 0.419. The van der Waals surface area contributed by atoms with Crippen LogP contribution in [0.25, 0.3) is 5.69 Å². The van der Waals surface area contributed by atoms with Gasteiger partial charge in [0.25, 0.3) is 0 Å². The predicted molar refractivity (Wildman–Crippen MR) is 149 cm³/mol. The standard InChI is InChI=1S/C28H33ClN6O4/c1-17-32-33-26-22(15-24(36)30-12-13-34(27(37)38)16-28(2,3)4)31-25(18-6-8-19(29)9-7-18)21-14-20(39-5)10-11-23(21)35(17)26/h6-11,14,22H,12-13,15-16H2,1-5H3,(H,30,36)(H,37,38)/t22-/m0/s1. The zero-order valence-corrected chi connectivity index (χ0v) is 23.5. The molecule has 0 saturated carbocycles. The average Bonchev–Trinajstić information content (AvgIpc) is 3.20. The topological polar surface area (TPSA) is 122 Å². The number of hydrogen-bond donors (Lipinski definition) is 2. The number of methoxy groups -OCH3 is 1. The Balaban J connectivity index is 1.65. The Morgan fingerprint density at radius 1 is 1.15 bits per heavy atom. The summed E-state index contributed by atoms with van der Waals surface area (Å²) in [6.07, 6.45) is -1.01. The summed E-state index contributed by atoms with van der Waals surface area (Å²) >= 11 is 6.15. The first-order valence-corrected chi connectivity index (χ1v) is 13.0. The fraction of sp³-hybridized carbons (Fsp3) is 0.393. The third-order valence-electron chi connectivity index (χ3n) is 6.27. The SMILES string of the molecule is COc1ccc2c(c1)C(c1ccc(Cl)cc1)=N[C@@H](CC(=O)NCCN(CC(C)(C)C)C(=O)O)c1nnc(C)n1-2. The highest BCUT2D eigenvalue weighted by molar-refractivity contribution is 6.30. The number of nitrogens with zero attached hydrogens (tertiary/aromatic N) is 5. The molecule has 0 bridgehead atoms. The summed E-state index contributed by atoms with van der Waals surface area (Å²) in [6.45, 7) is 8.48. The summed E-state index contributed by atoms with van der Waals surface area (Å²) in [4.78, 5) is 31.1. The molecule has 1 aliphatic rings. The molecule has 2 aromatic carbocycles. The predicted octanol–water partition coefficient (Wildman–Crippen LogP) is 4.66. The van der Waals surface area contributed by atoms with E-state index in [2.05, 4.69) is 15.5 Å². The number of aryl methyl sites for hydroxylation is 1. The highest BCUT2D eigenvalue weighted by Crippen LogP contribution is 2.34. The largest absolute Gasteiger partial charge is 0.497 e. The molecule has 1 aromatic heterocycles. The Morgan fingerprint density at radius 2 is 1.87 bits per heavy atom. The third-order valence-corrected chi connectivity index (χ3v) is 6.52. The molecule has 3 aromatic rings. The molecule has 0 unspecified atom stereocenters. The van der Waals surface area contributed by atoms with Crippen LogP contribution in [-0.2, 0) is 4.79 Å². The van der Waals surface area contributed by atoms with Gasteiger partial charge in [-0.3, -0.25) is 14.4 Å². The number of carboxylic acid groups (broad SMARTS) is 1. The summed E-state index contributed by atoms with van der Waals surface area (Å²) in [5.74, 6) is 1.60. The van der Waals surface area contributed by atoms with E-state index in [-0.39, 0.29) is 30.8 Å². The molecule has 206 valence electrons. The van der Waals surface area contributed by atoms with Crippen molar-refractivity contribution in [3.63, 3.8) is 0 Å². The lowest BCUT2D eigenvalue weighted by atomic mass is 9.96. The van der Waals surface area contributed by atoms with Crippen molar-refractivity contribution in [1.29, 1.82) is 0 Å². The number of carbonyl (C=O) groups excluding carboxylic acids is 1. The van der Waals surface area contributed by atoms with Gasteiger partial charge in [-0.2, -0.15) is 0 Å². The van der Waals surface area contributed by atoms with Crippen molar-refractivity contribution < 1.29 is 19.4 Å². The molecule has 0 saturated heterocycles. The van der Waals surface area contributed by atoms with Crippen LogP contribution in [0.5, 0.6) is 5.75 Å². The first-order chi connectivity index (χ1) is 18.5. The summed E-state index contributed by atoms with van der Waals surface area (Å²) in [6, 6.07) is 12.4. The minimum atomic E-state index is -1.02. The van der Waals surface area contributed by atoms with Gasteiger partial charge in [-0.1, -0.05) is 44.5 Å². The highest BCUT2D eigenvalue weighted by atomic mass is 35.5. The fourth-order valence-electron chi connectivity index (χ4n) is 4.57. The molecule has 1 atom stereocenters. The van der Waals surface area contributed by atoms with E-state index in [4.69, 9.17) is 21.3 Å². The zero-order valence-electron chi connectivity index (χ0n) is 22.7. The van der Waals surface area contributed by atoms with E-state index < -0.39 is 12.1 Å². The maximum absolute atomic E-state index is 13.1. The van der Waals surface area contributed by atoms with Gasteiger partial charge in [-0.15, -0.1) is 10.2 Å². The molecule has 2 amide bonds. The van der Waals surface area contributed by atoms with Gasteiger partial charge in [-0.05, 0) is 42.7 Å². The van der Waals surface area contributed by atoms with Crippen LogP contribution < -0.4 is 10.1 Å². The summed E-state index contributed by atoms with van der Waals surface area (Å²) in [5.41, 5.74) is 2.93. The van der Waals surface area contributed by atoms with E-state index in [9.17, 15) is 14.7 Å². The second-order valence-electron chi connectivity index (χ2n) is 10.6. The minimum Gasteiger partial charge on any atom is -0.497 e. The summed E-state index contributed by atoms with van der Waals surface area (Å²) in [5, 5.41) is 21.7. The van der Waals surface area contributed by atoms with Gasteiger partial charge in [0.05, 0.1) is 24.9 Å². The number of carbonyl (C=O) groups is 2. The minimum absolute atomic E-state index is 0.00664. The molecule has 2 heterocycles. The fourth-order valence-corrected chi connectivity index (χ4v) is 4.70. The molecular weight excluding hydrogens is 520 g/mol. The van der Waals surface area contributed by atoms with Crippen LogP contribution in [0.1, 0.15) is 56.0 Å². The van der Waals surface area contributed by atoms with Crippen LogP contribution in [0.4, 0.5) is 4.79 Å². The van der Waals surface area contributed by atoms with Crippen LogP contribution in [0.3, 0.4) is 0 Å². The number of hydrogen-bond acceptors (Lipinski definition) is 6. The second kappa shape index (κ2) is 11.4. The number of nitrogens with one attached hydrogen (secondary N) is 1. The van der Waals surface area contributed by atoms with Gasteiger partial charge >= 0.3 is 6.09 Å². The van der Waals surface area contributed by atoms with E-state index >= 15 is 0 Å². The summed E-state index contributed by atoms with van der Waals surface area (Å²) < 4.78 is 7.41. The number of aliphatic imine (C=N–C) groups is 1. The maximum Gasteiger partial charge on any atom is 0.407 e. The Morgan fingerprint density at radius 3 is 2.51 bits per heavy atom. The normalized spacial score (nSPS) is 14.5. The van der Waals surface area contributed by atoms with Gasteiger partial charge in [0.1, 0.15) is 17.6 Å². The van der Waals surface area contributed by atoms with Crippen LogP contribution in [-0.4, -0.2) is 69.2 Å². The Bertz CT molecular complexity index is 1390. The van der Waals surface area contributed by atoms with E-state index in [0.717, 1.165) is 16.8 Å². The third kappa shape index (κ3) is 6.57. The average molecular weight is 553 g/mol. The van der Waals surface area contributed by atoms with Crippen LogP contribution in [0.2, 0.25) is 5.02 Å². The van der Waals surface area contributed by atoms with Crippen LogP contribution in [0, 0.1) is 12.3 Å². The van der Waals surface area contributed by atoms with Crippen molar-refractivity contribution >= 4 is 29.3 Å². The van der Waals surface area contributed by atoms with Crippen molar-refractivity contribution in [1.82, 2.24) is 25.0 Å². The molecule has 0 fully saturated rings. The molecule has 0 spiro atoms. The molecule has 10 nitrogen and oxygen atoms in total. The Hall–Kier alpha value is -3.92. The zero-order chi connectivity index (χ0) is 28.3. The molecule has 11 heteroatoms. The second-order valence-corrected chi connectivity index (χ2v) is 11.1. The lowest BCUT2D eigenvalue weighted by molar-refractivity contribution is -0.121. The van der Waals surface area contributed by atoms with E-state index in [0.29, 0.717) is 34.7 Å². The van der Waals surface area contributed by atoms with E-state index in [1.807, 2.05) is 62.6 Å². The molecule has 1 aliphatic heterocycles. The summed E-state index contributed by atoms with van der Waals surface area (Å²) in [7, 11) is 1.60. The molecule has 39 heavy (non-hydrogen) atoms. The number of rotatable bonds is 8.